The predicted octanol–water partition coefficient (Wildman–Crippen LogP) is 1.56. The van der Waals surface area contributed by atoms with Gasteiger partial charge in [0.15, 0.2) is 0 Å². The molecule has 0 radical (unpaired) electrons. The van der Waals surface area contributed by atoms with E-state index in [0.29, 0.717) is 11.6 Å². The number of nitrogens with zero attached hydrogens (tertiary/aromatic N) is 5. The summed E-state index contributed by atoms with van der Waals surface area (Å²) in [4.78, 5) is 27.9. The van der Waals surface area contributed by atoms with Crippen LogP contribution >= 0.6 is 0 Å². The van der Waals surface area contributed by atoms with Gasteiger partial charge in [-0.1, -0.05) is 18.2 Å². The fourth-order valence-corrected chi connectivity index (χ4v) is 3.32. The first-order valence-corrected chi connectivity index (χ1v) is 8.39. The van der Waals surface area contributed by atoms with Crippen molar-refractivity contribution in [3.8, 4) is 0 Å². The Kier molecular flexibility index (Phi) is 3.90. The number of piperazine rings is 1. The van der Waals surface area contributed by atoms with Crippen LogP contribution in [0.25, 0.3) is 0 Å². The quantitative estimate of drug-likeness (QED) is 0.839. The highest BCUT2D eigenvalue weighted by molar-refractivity contribution is 5.92. The van der Waals surface area contributed by atoms with Crippen molar-refractivity contribution in [3.05, 3.63) is 47.8 Å². The van der Waals surface area contributed by atoms with Crippen molar-refractivity contribution in [2.45, 2.75) is 6.42 Å². The molecular formula is C18H21N5O. The van der Waals surface area contributed by atoms with Gasteiger partial charge in [0, 0.05) is 44.6 Å². The molecule has 4 rings (SSSR count). The Morgan fingerprint density at radius 1 is 1.04 bits per heavy atom. The van der Waals surface area contributed by atoms with E-state index in [-0.39, 0.29) is 5.91 Å². The summed E-state index contributed by atoms with van der Waals surface area (Å²) in [6, 6.07) is 10.0. The van der Waals surface area contributed by atoms with Gasteiger partial charge in [0.25, 0.3) is 5.91 Å². The van der Waals surface area contributed by atoms with E-state index >= 15 is 0 Å². The van der Waals surface area contributed by atoms with E-state index in [9.17, 15) is 4.79 Å². The maximum atomic E-state index is 12.7. The molecular weight excluding hydrogens is 302 g/mol. The SMILES string of the molecule is CN1CCN(C(=O)c2ccnc(N3CCc4ccccc43)n2)CC1. The van der Waals surface area contributed by atoms with Crippen LogP contribution in [0.3, 0.4) is 0 Å². The van der Waals surface area contributed by atoms with Gasteiger partial charge in [0.1, 0.15) is 5.69 Å². The van der Waals surface area contributed by atoms with E-state index in [2.05, 4.69) is 45.0 Å². The van der Waals surface area contributed by atoms with Crippen LogP contribution in [0, 0.1) is 0 Å². The van der Waals surface area contributed by atoms with Crippen molar-refractivity contribution in [1.29, 1.82) is 0 Å². The Morgan fingerprint density at radius 2 is 1.83 bits per heavy atom. The van der Waals surface area contributed by atoms with E-state index < -0.39 is 0 Å². The molecule has 1 amide bonds. The summed E-state index contributed by atoms with van der Waals surface area (Å²) in [5.74, 6) is 0.610. The van der Waals surface area contributed by atoms with Crippen LogP contribution in [0.1, 0.15) is 16.1 Å². The average Bonchev–Trinajstić information content (AvgIpc) is 3.06. The van der Waals surface area contributed by atoms with Crippen LogP contribution in [-0.4, -0.2) is 65.4 Å². The normalized spacial score (nSPS) is 17.9. The molecule has 1 aromatic carbocycles. The van der Waals surface area contributed by atoms with Crippen LogP contribution in [-0.2, 0) is 6.42 Å². The molecule has 0 saturated carbocycles. The van der Waals surface area contributed by atoms with Gasteiger partial charge in [-0.3, -0.25) is 4.79 Å². The van der Waals surface area contributed by atoms with Crippen molar-refractivity contribution in [1.82, 2.24) is 19.8 Å². The lowest BCUT2D eigenvalue weighted by Crippen LogP contribution is -2.47. The maximum absolute atomic E-state index is 12.7. The minimum absolute atomic E-state index is 0.000711. The number of fused-ring (bicyclic) bond motifs is 1. The first kappa shape index (κ1) is 15.1. The summed E-state index contributed by atoms with van der Waals surface area (Å²) in [6.07, 6.45) is 2.67. The zero-order chi connectivity index (χ0) is 16.5. The molecule has 124 valence electrons. The second kappa shape index (κ2) is 6.20. The van der Waals surface area contributed by atoms with E-state index in [1.807, 2.05) is 11.0 Å². The summed E-state index contributed by atoms with van der Waals surface area (Å²) in [7, 11) is 2.08. The van der Waals surface area contributed by atoms with Crippen LogP contribution in [0.15, 0.2) is 36.5 Å². The number of carbonyl (C=O) groups is 1. The summed E-state index contributed by atoms with van der Waals surface area (Å²) in [5.41, 5.74) is 2.92. The molecule has 1 aromatic heterocycles. The third-order valence-electron chi connectivity index (χ3n) is 4.78. The van der Waals surface area contributed by atoms with E-state index in [0.717, 1.165) is 44.8 Å². The van der Waals surface area contributed by atoms with Gasteiger partial charge < -0.3 is 14.7 Å². The molecule has 0 bridgehead atoms. The Labute approximate surface area is 141 Å². The molecule has 1 fully saturated rings. The number of hydrogen-bond donors (Lipinski definition) is 0. The molecule has 3 heterocycles. The summed E-state index contributed by atoms with van der Waals surface area (Å²) >= 11 is 0. The second-order valence-corrected chi connectivity index (χ2v) is 6.37. The molecule has 0 aliphatic carbocycles. The van der Waals surface area contributed by atoms with Gasteiger partial charge in [-0.15, -0.1) is 0 Å². The smallest absolute Gasteiger partial charge is 0.272 e. The highest BCUT2D eigenvalue weighted by Crippen LogP contribution is 2.32. The van der Waals surface area contributed by atoms with Crippen LogP contribution < -0.4 is 4.90 Å². The fraction of sp³-hybridized carbons (Fsp3) is 0.389. The molecule has 1 saturated heterocycles. The van der Waals surface area contributed by atoms with Crippen molar-refractivity contribution >= 4 is 17.5 Å². The minimum Gasteiger partial charge on any atom is -0.335 e. The van der Waals surface area contributed by atoms with Gasteiger partial charge in [0.05, 0.1) is 0 Å². The Morgan fingerprint density at radius 3 is 2.67 bits per heavy atom. The molecule has 6 nitrogen and oxygen atoms in total. The van der Waals surface area contributed by atoms with Gasteiger partial charge in [-0.25, -0.2) is 9.97 Å². The zero-order valence-electron chi connectivity index (χ0n) is 13.9. The fourth-order valence-electron chi connectivity index (χ4n) is 3.32. The predicted molar refractivity (Wildman–Crippen MR) is 92.6 cm³/mol. The third-order valence-corrected chi connectivity index (χ3v) is 4.78. The van der Waals surface area contributed by atoms with Crippen LogP contribution in [0.5, 0.6) is 0 Å². The Bertz CT molecular complexity index is 755. The number of likely N-dealkylation sites (N-methyl/N-ethyl adjacent to an activating group) is 1. The molecule has 0 unspecified atom stereocenters. The van der Waals surface area contributed by atoms with Crippen LogP contribution in [0.2, 0.25) is 0 Å². The second-order valence-electron chi connectivity index (χ2n) is 6.37. The number of carbonyl (C=O) groups excluding carboxylic acids is 1. The monoisotopic (exact) mass is 323 g/mol. The molecule has 24 heavy (non-hydrogen) atoms. The standard InChI is InChI=1S/C18H21N5O/c1-21-10-12-22(13-11-21)17(24)15-6-8-19-18(20-15)23-9-7-14-4-2-3-5-16(14)23/h2-6,8H,7,9-13H2,1H3. The zero-order valence-corrected chi connectivity index (χ0v) is 13.9. The number of hydrogen-bond acceptors (Lipinski definition) is 5. The van der Waals surface area contributed by atoms with Gasteiger partial charge in [-0.2, -0.15) is 0 Å². The van der Waals surface area contributed by atoms with E-state index in [1.165, 1.54) is 5.56 Å². The highest BCUT2D eigenvalue weighted by atomic mass is 16.2. The van der Waals surface area contributed by atoms with Gasteiger partial charge in [0.2, 0.25) is 5.95 Å². The van der Waals surface area contributed by atoms with Crippen molar-refractivity contribution in [3.63, 3.8) is 0 Å². The number of para-hydroxylation sites is 1. The van der Waals surface area contributed by atoms with Gasteiger partial charge >= 0.3 is 0 Å². The van der Waals surface area contributed by atoms with Crippen molar-refractivity contribution < 1.29 is 4.79 Å². The summed E-state index contributed by atoms with van der Waals surface area (Å²) < 4.78 is 0. The lowest BCUT2D eigenvalue weighted by Gasteiger charge is -2.32. The molecule has 0 spiro atoms. The largest absolute Gasteiger partial charge is 0.335 e. The first-order valence-electron chi connectivity index (χ1n) is 8.39. The minimum atomic E-state index is -0.000711. The van der Waals surface area contributed by atoms with Crippen LogP contribution in [0.4, 0.5) is 11.6 Å². The summed E-state index contributed by atoms with van der Waals surface area (Å²) in [6.45, 7) is 4.17. The number of anilines is 2. The molecule has 6 heteroatoms. The Balaban J connectivity index is 1.57. The first-order chi connectivity index (χ1) is 11.7. The topological polar surface area (TPSA) is 52.6 Å². The Hall–Kier alpha value is -2.47. The van der Waals surface area contributed by atoms with Crippen molar-refractivity contribution in [2.75, 3.05) is 44.7 Å². The number of rotatable bonds is 2. The maximum Gasteiger partial charge on any atom is 0.272 e. The highest BCUT2D eigenvalue weighted by Gasteiger charge is 2.25. The number of benzene rings is 1. The number of amides is 1. The molecule has 2 aliphatic heterocycles. The summed E-state index contributed by atoms with van der Waals surface area (Å²) in [5, 5.41) is 0. The third kappa shape index (κ3) is 2.73. The average molecular weight is 323 g/mol. The molecule has 2 aliphatic rings. The lowest BCUT2D eigenvalue weighted by molar-refractivity contribution is 0.0658. The molecule has 0 N–H and O–H groups in total. The van der Waals surface area contributed by atoms with E-state index in [1.54, 1.807) is 12.3 Å². The van der Waals surface area contributed by atoms with Gasteiger partial charge in [-0.05, 0) is 31.2 Å². The lowest BCUT2D eigenvalue weighted by atomic mass is 10.2. The molecule has 0 atom stereocenters. The van der Waals surface area contributed by atoms with Crippen molar-refractivity contribution in [2.24, 2.45) is 0 Å². The van der Waals surface area contributed by atoms with E-state index in [4.69, 9.17) is 0 Å². The number of aromatic nitrogens is 2. The molecule has 2 aromatic rings.